The first kappa shape index (κ1) is 16.4. The van der Waals surface area contributed by atoms with E-state index in [-0.39, 0.29) is 11.5 Å². The topological polar surface area (TPSA) is 72.7 Å². The molecule has 22 heavy (non-hydrogen) atoms. The van der Waals surface area contributed by atoms with Gasteiger partial charge in [0.1, 0.15) is 5.69 Å². The Kier molecular flexibility index (Phi) is 5.49. The highest BCUT2D eigenvalue weighted by Crippen LogP contribution is 2.32. The molecule has 0 aliphatic carbocycles. The van der Waals surface area contributed by atoms with Crippen LogP contribution in [0.2, 0.25) is 0 Å². The number of nitro benzene ring substituents is 1. The second kappa shape index (κ2) is 7.35. The molecule has 0 amide bonds. The van der Waals surface area contributed by atoms with Crippen molar-refractivity contribution in [1.82, 2.24) is 0 Å². The van der Waals surface area contributed by atoms with Crippen LogP contribution in [0.25, 0.3) is 0 Å². The molecule has 0 N–H and O–H groups in total. The average molecular weight is 306 g/mol. The Hall–Kier alpha value is -1.95. The zero-order valence-corrected chi connectivity index (χ0v) is 13.1. The molecule has 1 fully saturated rings. The zero-order valence-electron chi connectivity index (χ0n) is 13.1. The standard InChI is InChI=1S/C16H22N2O4/c1-3-22-11-13-5-4-8-17(10-13)15-7-6-14(12(2)19)9-16(15)18(20)21/h6-7,9,13H,3-5,8,10-11H2,1-2H3. The van der Waals surface area contributed by atoms with Gasteiger partial charge in [-0.3, -0.25) is 14.9 Å². The van der Waals surface area contributed by atoms with Gasteiger partial charge < -0.3 is 9.64 Å². The number of carbonyl (C=O) groups excluding carboxylic acids is 1. The van der Waals surface area contributed by atoms with Crippen molar-refractivity contribution in [1.29, 1.82) is 0 Å². The van der Waals surface area contributed by atoms with E-state index in [0.717, 1.165) is 25.9 Å². The molecular formula is C16H22N2O4. The predicted molar refractivity (Wildman–Crippen MR) is 84.5 cm³/mol. The molecule has 1 atom stereocenters. The van der Waals surface area contributed by atoms with E-state index in [2.05, 4.69) is 0 Å². The normalized spacial score (nSPS) is 18.3. The number of carbonyl (C=O) groups is 1. The zero-order chi connectivity index (χ0) is 16.1. The quantitative estimate of drug-likeness (QED) is 0.459. The number of benzene rings is 1. The molecule has 1 saturated heterocycles. The van der Waals surface area contributed by atoms with E-state index in [1.807, 2.05) is 11.8 Å². The summed E-state index contributed by atoms with van der Waals surface area (Å²) in [6.45, 7) is 6.29. The van der Waals surface area contributed by atoms with Crippen LogP contribution >= 0.6 is 0 Å². The van der Waals surface area contributed by atoms with Crippen molar-refractivity contribution in [3.63, 3.8) is 0 Å². The molecule has 0 saturated carbocycles. The van der Waals surface area contributed by atoms with Crippen LogP contribution in [0.15, 0.2) is 18.2 Å². The lowest BCUT2D eigenvalue weighted by molar-refractivity contribution is -0.384. The number of piperidine rings is 1. The highest BCUT2D eigenvalue weighted by Gasteiger charge is 2.26. The van der Waals surface area contributed by atoms with Crippen LogP contribution < -0.4 is 4.90 Å². The van der Waals surface area contributed by atoms with E-state index < -0.39 is 4.92 Å². The molecule has 1 unspecified atom stereocenters. The Morgan fingerprint density at radius 3 is 2.91 bits per heavy atom. The Labute approximate surface area is 130 Å². The van der Waals surface area contributed by atoms with Crippen LogP contribution in [0.3, 0.4) is 0 Å². The van der Waals surface area contributed by atoms with Gasteiger partial charge in [-0.15, -0.1) is 0 Å². The van der Waals surface area contributed by atoms with Gasteiger partial charge in [-0.2, -0.15) is 0 Å². The van der Waals surface area contributed by atoms with Gasteiger partial charge in [0.2, 0.25) is 0 Å². The Morgan fingerprint density at radius 2 is 2.27 bits per heavy atom. The maximum atomic E-state index is 11.4. The van der Waals surface area contributed by atoms with Gasteiger partial charge in [0.05, 0.1) is 11.5 Å². The first-order chi connectivity index (χ1) is 10.5. The molecule has 2 rings (SSSR count). The maximum Gasteiger partial charge on any atom is 0.293 e. The first-order valence-corrected chi connectivity index (χ1v) is 7.65. The fourth-order valence-corrected chi connectivity index (χ4v) is 2.86. The number of nitrogens with zero attached hydrogens (tertiary/aromatic N) is 2. The van der Waals surface area contributed by atoms with Crippen molar-refractivity contribution in [3.05, 3.63) is 33.9 Å². The van der Waals surface area contributed by atoms with Gasteiger partial charge >= 0.3 is 0 Å². The lowest BCUT2D eigenvalue weighted by Crippen LogP contribution is -2.37. The van der Waals surface area contributed by atoms with Crippen LogP contribution in [-0.2, 0) is 4.74 Å². The third-order valence-electron chi connectivity index (χ3n) is 4.00. The SMILES string of the molecule is CCOCC1CCCN(c2ccc(C(C)=O)cc2[N+](=O)[O-])C1. The van der Waals surface area contributed by atoms with Gasteiger partial charge in [-0.25, -0.2) is 0 Å². The summed E-state index contributed by atoms with van der Waals surface area (Å²) in [5.74, 6) is 0.225. The molecule has 1 heterocycles. The predicted octanol–water partition coefficient (Wildman–Crippen LogP) is 3.05. The molecule has 0 aromatic heterocycles. The summed E-state index contributed by atoms with van der Waals surface area (Å²) in [6.07, 6.45) is 2.07. The van der Waals surface area contributed by atoms with Crippen LogP contribution in [-0.4, -0.2) is 37.0 Å². The molecular weight excluding hydrogens is 284 g/mol. The van der Waals surface area contributed by atoms with Crippen molar-refractivity contribution in [2.75, 3.05) is 31.2 Å². The molecule has 6 nitrogen and oxygen atoms in total. The summed E-state index contributed by atoms with van der Waals surface area (Å²) in [7, 11) is 0. The third kappa shape index (κ3) is 3.82. The molecule has 1 aromatic carbocycles. The summed E-state index contributed by atoms with van der Waals surface area (Å²) in [5, 5.41) is 11.3. The van der Waals surface area contributed by atoms with Crippen LogP contribution in [0, 0.1) is 16.0 Å². The summed E-state index contributed by atoms with van der Waals surface area (Å²) in [4.78, 5) is 24.4. The van der Waals surface area contributed by atoms with Gasteiger partial charge in [0.15, 0.2) is 5.78 Å². The van der Waals surface area contributed by atoms with Crippen molar-refractivity contribution < 1.29 is 14.5 Å². The fourth-order valence-electron chi connectivity index (χ4n) is 2.86. The average Bonchev–Trinajstić information content (AvgIpc) is 2.52. The van der Waals surface area contributed by atoms with E-state index in [9.17, 15) is 14.9 Å². The van der Waals surface area contributed by atoms with E-state index in [1.165, 1.54) is 13.0 Å². The molecule has 120 valence electrons. The molecule has 1 aliphatic heterocycles. The van der Waals surface area contributed by atoms with E-state index in [4.69, 9.17) is 4.74 Å². The van der Waals surface area contributed by atoms with Crippen molar-refractivity contribution in [3.8, 4) is 0 Å². The number of hydrogen-bond acceptors (Lipinski definition) is 5. The van der Waals surface area contributed by atoms with Crippen molar-refractivity contribution >= 4 is 17.2 Å². The minimum absolute atomic E-state index is 0.00441. The summed E-state index contributed by atoms with van der Waals surface area (Å²) < 4.78 is 5.48. The number of Topliss-reactive ketones (excluding diaryl/α,β-unsaturated/α-hetero) is 1. The number of nitro groups is 1. The van der Waals surface area contributed by atoms with Gasteiger partial charge in [0, 0.05) is 31.3 Å². The molecule has 6 heteroatoms. The Balaban J connectivity index is 2.23. The maximum absolute atomic E-state index is 11.4. The summed E-state index contributed by atoms with van der Waals surface area (Å²) >= 11 is 0. The van der Waals surface area contributed by atoms with Crippen LogP contribution in [0.4, 0.5) is 11.4 Å². The van der Waals surface area contributed by atoms with E-state index >= 15 is 0 Å². The number of hydrogen-bond donors (Lipinski definition) is 0. The number of rotatable bonds is 6. The highest BCUT2D eigenvalue weighted by molar-refractivity contribution is 5.95. The third-order valence-corrected chi connectivity index (χ3v) is 4.00. The first-order valence-electron chi connectivity index (χ1n) is 7.65. The fraction of sp³-hybridized carbons (Fsp3) is 0.562. The minimum Gasteiger partial charge on any atom is -0.381 e. The van der Waals surface area contributed by atoms with Crippen molar-refractivity contribution in [2.45, 2.75) is 26.7 Å². The lowest BCUT2D eigenvalue weighted by Gasteiger charge is -2.34. The molecule has 1 aliphatic rings. The van der Waals surface area contributed by atoms with Crippen molar-refractivity contribution in [2.24, 2.45) is 5.92 Å². The molecule has 0 spiro atoms. The van der Waals surface area contributed by atoms with Crippen LogP contribution in [0.1, 0.15) is 37.0 Å². The number of anilines is 1. The highest BCUT2D eigenvalue weighted by atomic mass is 16.6. The number of ether oxygens (including phenoxy) is 1. The lowest BCUT2D eigenvalue weighted by atomic mass is 9.98. The molecule has 0 radical (unpaired) electrons. The second-order valence-corrected chi connectivity index (χ2v) is 5.63. The van der Waals surface area contributed by atoms with E-state index in [1.54, 1.807) is 12.1 Å². The Bertz CT molecular complexity index is 559. The van der Waals surface area contributed by atoms with Gasteiger partial charge in [-0.1, -0.05) is 0 Å². The minimum atomic E-state index is -0.409. The Morgan fingerprint density at radius 1 is 1.50 bits per heavy atom. The van der Waals surface area contributed by atoms with Gasteiger partial charge in [-0.05, 0) is 44.7 Å². The van der Waals surface area contributed by atoms with E-state index in [0.29, 0.717) is 30.4 Å². The summed E-state index contributed by atoms with van der Waals surface area (Å²) in [5.41, 5.74) is 0.972. The number of ketones is 1. The second-order valence-electron chi connectivity index (χ2n) is 5.63. The van der Waals surface area contributed by atoms with Crippen LogP contribution in [0.5, 0.6) is 0 Å². The summed E-state index contributed by atoms with van der Waals surface area (Å²) in [6, 6.07) is 4.73. The van der Waals surface area contributed by atoms with Gasteiger partial charge in [0.25, 0.3) is 5.69 Å². The largest absolute Gasteiger partial charge is 0.381 e. The monoisotopic (exact) mass is 306 g/mol. The molecule has 0 bridgehead atoms. The molecule has 1 aromatic rings. The smallest absolute Gasteiger partial charge is 0.293 e.